The molecule has 1 heterocycles. The van der Waals surface area contributed by atoms with Crippen LogP contribution in [-0.4, -0.2) is 21.9 Å². The van der Waals surface area contributed by atoms with E-state index in [4.69, 9.17) is 0 Å². The lowest BCUT2D eigenvalue weighted by atomic mass is 10.1. The predicted octanol–water partition coefficient (Wildman–Crippen LogP) is 5.51. The molecule has 0 saturated carbocycles. The SMILES string of the molecule is CCCCCN(Cc1cccn1Cc1ccc(F)cc1)C(=O)c1ccccc1. The van der Waals surface area contributed by atoms with Crippen LogP contribution in [0.2, 0.25) is 0 Å². The van der Waals surface area contributed by atoms with Gasteiger partial charge in [-0.1, -0.05) is 50.1 Å². The van der Waals surface area contributed by atoms with E-state index in [9.17, 15) is 9.18 Å². The zero-order valence-corrected chi connectivity index (χ0v) is 16.4. The summed E-state index contributed by atoms with van der Waals surface area (Å²) >= 11 is 0. The fourth-order valence-corrected chi connectivity index (χ4v) is 3.30. The number of unbranched alkanes of at least 4 members (excludes halogenated alkanes) is 2. The average Bonchev–Trinajstić information content (AvgIpc) is 3.16. The van der Waals surface area contributed by atoms with Gasteiger partial charge in [-0.05, 0) is 48.4 Å². The molecule has 0 spiro atoms. The third-order valence-electron chi connectivity index (χ3n) is 4.88. The molecule has 0 fully saturated rings. The summed E-state index contributed by atoms with van der Waals surface area (Å²) in [7, 11) is 0. The Morgan fingerprint density at radius 1 is 0.964 bits per heavy atom. The van der Waals surface area contributed by atoms with E-state index in [-0.39, 0.29) is 11.7 Å². The number of benzene rings is 2. The van der Waals surface area contributed by atoms with Crippen LogP contribution in [0.1, 0.15) is 47.8 Å². The van der Waals surface area contributed by atoms with Crippen LogP contribution in [0.3, 0.4) is 0 Å². The molecule has 0 radical (unpaired) electrons. The van der Waals surface area contributed by atoms with Crippen LogP contribution in [0.5, 0.6) is 0 Å². The lowest BCUT2D eigenvalue weighted by Crippen LogP contribution is -2.32. The molecule has 0 atom stereocenters. The minimum Gasteiger partial charge on any atom is -0.345 e. The third-order valence-corrected chi connectivity index (χ3v) is 4.88. The molecule has 0 bridgehead atoms. The zero-order chi connectivity index (χ0) is 19.8. The first-order valence-corrected chi connectivity index (χ1v) is 9.90. The van der Waals surface area contributed by atoms with E-state index in [1.165, 1.54) is 12.1 Å². The van der Waals surface area contributed by atoms with Crippen LogP contribution >= 0.6 is 0 Å². The van der Waals surface area contributed by atoms with Crippen LogP contribution in [-0.2, 0) is 13.1 Å². The maximum atomic E-state index is 13.2. The van der Waals surface area contributed by atoms with Gasteiger partial charge in [0, 0.05) is 30.5 Å². The van der Waals surface area contributed by atoms with Gasteiger partial charge < -0.3 is 9.47 Å². The number of amides is 1. The van der Waals surface area contributed by atoms with E-state index < -0.39 is 0 Å². The first-order valence-electron chi connectivity index (χ1n) is 9.90. The topological polar surface area (TPSA) is 25.2 Å². The maximum Gasteiger partial charge on any atom is 0.254 e. The fraction of sp³-hybridized carbons (Fsp3) is 0.292. The number of aromatic nitrogens is 1. The van der Waals surface area contributed by atoms with E-state index in [2.05, 4.69) is 17.6 Å². The molecule has 0 N–H and O–H groups in total. The second kappa shape index (κ2) is 9.88. The van der Waals surface area contributed by atoms with E-state index >= 15 is 0 Å². The van der Waals surface area contributed by atoms with Crippen molar-refractivity contribution in [2.45, 2.75) is 39.3 Å². The number of halogens is 1. The summed E-state index contributed by atoms with van der Waals surface area (Å²) in [6.45, 7) is 4.12. The highest BCUT2D eigenvalue weighted by molar-refractivity contribution is 5.94. The molecule has 0 aliphatic carbocycles. The van der Waals surface area contributed by atoms with E-state index in [1.54, 1.807) is 12.1 Å². The van der Waals surface area contributed by atoms with Gasteiger partial charge in [-0.2, -0.15) is 0 Å². The number of hydrogen-bond donors (Lipinski definition) is 0. The van der Waals surface area contributed by atoms with Gasteiger partial charge in [-0.25, -0.2) is 4.39 Å². The van der Waals surface area contributed by atoms with Crippen LogP contribution in [0, 0.1) is 5.82 Å². The minimum atomic E-state index is -0.230. The van der Waals surface area contributed by atoms with Crippen molar-refractivity contribution in [2.75, 3.05) is 6.54 Å². The van der Waals surface area contributed by atoms with Crippen LogP contribution in [0.15, 0.2) is 72.9 Å². The van der Waals surface area contributed by atoms with Crippen LogP contribution in [0.25, 0.3) is 0 Å². The van der Waals surface area contributed by atoms with Gasteiger partial charge in [-0.15, -0.1) is 0 Å². The summed E-state index contributed by atoms with van der Waals surface area (Å²) in [5.41, 5.74) is 2.83. The molecular weight excluding hydrogens is 351 g/mol. The van der Waals surface area contributed by atoms with Gasteiger partial charge >= 0.3 is 0 Å². The number of carbonyl (C=O) groups excluding carboxylic acids is 1. The van der Waals surface area contributed by atoms with Crippen molar-refractivity contribution in [2.24, 2.45) is 0 Å². The Morgan fingerprint density at radius 3 is 2.43 bits per heavy atom. The third kappa shape index (κ3) is 5.32. The number of rotatable bonds is 9. The molecule has 0 unspecified atom stereocenters. The van der Waals surface area contributed by atoms with Gasteiger partial charge in [0.15, 0.2) is 0 Å². The first-order chi connectivity index (χ1) is 13.7. The van der Waals surface area contributed by atoms with Gasteiger partial charge in [0.2, 0.25) is 0 Å². The number of hydrogen-bond acceptors (Lipinski definition) is 1. The molecule has 1 amide bonds. The lowest BCUT2D eigenvalue weighted by molar-refractivity contribution is 0.0736. The highest BCUT2D eigenvalue weighted by Gasteiger charge is 2.17. The molecule has 2 aromatic carbocycles. The zero-order valence-electron chi connectivity index (χ0n) is 16.4. The molecule has 0 saturated heterocycles. The highest BCUT2D eigenvalue weighted by atomic mass is 19.1. The molecule has 146 valence electrons. The van der Waals surface area contributed by atoms with Crippen LogP contribution in [0.4, 0.5) is 4.39 Å². The van der Waals surface area contributed by atoms with Gasteiger partial charge in [0.05, 0.1) is 6.54 Å². The number of carbonyl (C=O) groups is 1. The second-order valence-corrected chi connectivity index (χ2v) is 7.05. The monoisotopic (exact) mass is 378 g/mol. The quantitative estimate of drug-likeness (QED) is 0.451. The number of nitrogens with zero attached hydrogens (tertiary/aromatic N) is 2. The lowest BCUT2D eigenvalue weighted by Gasteiger charge is -2.24. The fourth-order valence-electron chi connectivity index (χ4n) is 3.30. The van der Waals surface area contributed by atoms with E-state index in [0.29, 0.717) is 13.1 Å². The molecule has 1 aromatic heterocycles. The summed E-state index contributed by atoms with van der Waals surface area (Å²) in [5, 5.41) is 0. The van der Waals surface area contributed by atoms with E-state index in [0.717, 1.165) is 42.6 Å². The first kappa shape index (κ1) is 19.9. The van der Waals surface area contributed by atoms with Crippen molar-refractivity contribution in [3.05, 3.63) is 95.6 Å². The largest absolute Gasteiger partial charge is 0.345 e. The Morgan fingerprint density at radius 2 is 1.71 bits per heavy atom. The van der Waals surface area contributed by atoms with Crippen molar-refractivity contribution in [1.29, 1.82) is 0 Å². The van der Waals surface area contributed by atoms with Crippen LogP contribution < -0.4 is 0 Å². The average molecular weight is 378 g/mol. The molecule has 3 nitrogen and oxygen atoms in total. The minimum absolute atomic E-state index is 0.0613. The van der Waals surface area contributed by atoms with Gasteiger partial charge in [0.1, 0.15) is 5.82 Å². The molecule has 4 heteroatoms. The summed E-state index contributed by atoms with van der Waals surface area (Å²) in [4.78, 5) is 15.0. The maximum absolute atomic E-state index is 13.2. The molecule has 28 heavy (non-hydrogen) atoms. The molecule has 0 aliphatic rings. The standard InChI is InChI=1S/C24H27FN2O/c1-2-3-7-16-27(24(28)21-9-5-4-6-10-21)19-23-11-8-17-26(23)18-20-12-14-22(25)15-13-20/h4-6,8-15,17H,2-3,7,16,18-19H2,1H3. The van der Waals surface area contributed by atoms with Crippen molar-refractivity contribution in [1.82, 2.24) is 9.47 Å². The summed E-state index contributed by atoms with van der Waals surface area (Å²) in [6.07, 6.45) is 5.23. The normalized spacial score (nSPS) is 10.8. The highest BCUT2D eigenvalue weighted by Crippen LogP contribution is 2.15. The second-order valence-electron chi connectivity index (χ2n) is 7.05. The van der Waals surface area contributed by atoms with Crippen molar-refractivity contribution < 1.29 is 9.18 Å². The summed E-state index contributed by atoms with van der Waals surface area (Å²) < 4.78 is 15.3. The Hall–Kier alpha value is -2.88. The Labute approximate surface area is 166 Å². The predicted molar refractivity (Wildman–Crippen MR) is 111 cm³/mol. The van der Waals surface area contributed by atoms with Crippen molar-refractivity contribution in [3.8, 4) is 0 Å². The Kier molecular flexibility index (Phi) is 7.01. The van der Waals surface area contributed by atoms with Gasteiger partial charge in [0.25, 0.3) is 5.91 Å². The van der Waals surface area contributed by atoms with Gasteiger partial charge in [-0.3, -0.25) is 4.79 Å². The Bertz CT molecular complexity index is 871. The smallest absolute Gasteiger partial charge is 0.254 e. The Balaban J connectivity index is 1.76. The summed E-state index contributed by atoms with van der Waals surface area (Å²) in [5.74, 6) is -0.168. The molecule has 3 aromatic rings. The molecule has 0 aliphatic heterocycles. The molecule has 3 rings (SSSR count). The summed E-state index contributed by atoms with van der Waals surface area (Å²) in [6, 6.07) is 20.1. The van der Waals surface area contributed by atoms with E-state index in [1.807, 2.05) is 47.5 Å². The van der Waals surface area contributed by atoms with Crippen molar-refractivity contribution >= 4 is 5.91 Å². The van der Waals surface area contributed by atoms with Crippen molar-refractivity contribution in [3.63, 3.8) is 0 Å². The molecular formula is C24H27FN2O.